The maximum absolute atomic E-state index is 8.17. The molecule has 1 fully saturated rings. The average Bonchev–Trinajstić information content (AvgIpc) is 3.14. The van der Waals surface area contributed by atoms with Gasteiger partial charge in [0.05, 0.1) is 13.2 Å². The van der Waals surface area contributed by atoms with Crippen LogP contribution in [0.2, 0.25) is 6.04 Å². The molecule has 0 saturated carbocycles. The van der Waals surface area contributed by atoms with Crippen molar-refractivity contribution in [2.24, 2.45) is 0 Å². The van der Waals surface area contributed by atoms with Gasteiger partial charge in [-0.15, -0.1) is 0 Å². The lowest BCUT2D eigenvalue weighted by Gasteiger charge is -2.20. The molecule has 1 aliphatic heterocycles. The van der Waals surface area contributed by atoms with Gasteiger partial charge in [0, 0.05) is 12.7 Å². The molecule has 0 radical (unpaired) electrons. The summed E-state index contributed by atoms with van der Waals surface area (Å²) >= 11 is 0. The Hall–Kier alpha value is -0.223. The van der Waals surface area contributed by atoms with Crippen LogP contribution in [0.25, 0.3) is 0 Å². The summed E-state index contributed by atoms with van der Waals surface area (Å²) in [5.74, 6) is 0. The molecule has 0 amide bonds. The summed E-state index contributed by atoms with van der Waals surface area (Å²) in [5, 5.41) is 34.7. The standard InChI is InChI=1S/C6H14O11Si/c7-12-15-18(16-13-8,17-14-9)3-1-2-10-4-6-5-11-6/h6-9H,1-5H2. The van der Waals surface area contributed by atoms with E-state index in [9.17, 15) is 0 Å². The van der Waals surface area contributed by atoms with E-state index in [1.165, 1.54) is 0 Å². The lowest BCUT2D eigenvalue weighted by molar-refractivity contribution is -0.539. The first kappa shape index (κ1) is 15.8. The maximum Gasteiger partial charge on any atom is 0.594 e. The van der Waals surface area contributed by atoms with E-state index < -0.39 is 8.80 Å². The number of hydrogen-bond acceptors (Lipinski definition) is 11. The summed E-state index contributed by atoms with van der Waals surface area (Å²) in [5.41, 5.74) is 0. The molecule has 0 spiro atoms. The highest BCUT2D eigenvalue weighted by molar-refractivity contribution is 6.59. The van der Waals surface area contributed by atoms with Gasteiger partial charge in [-0.3, -0.25) is 0 Å². The van der Waals surface area contributed by atoms with Crippen molar-refractivity contribution in [3.63, 3.8) is 0 Å². The van der Waals surface area contributed by atoms with Crippen molar-refractivity contribution in [3.05, 3.63) is 0 Å². The van der Waals surface area contributed by atoms with Gasteiger partial charge in [-0.1, -0.05) is 15.1 Å². The minimum absolute atomic E-state index is 0.0415. The summed E-state index contributed by atoms with van der Waals surface area (Å²) in [4.78, 5) is 0. The van der Waals surface area contributed by atoms with Crippen LogP contribution in [-0.4, -0.2) is 50.5 Å². The quantitative estimate of drug-likeness (QED) is 0.147. The lowest BCUT2D eigenvalue weighted by atomic mass is 10.5. The zero-order valence-corrected chi connectivity index (χ0v) is 10.2. The molecule has 1 unspecified atom stereocenters. The molecule has 0 aromatic heterocycles. The van der Waals surface area contributed by atoms with Crippen molar-refractivity contribution in [2.75, 3.05) is 19.8 Å². The molecule has 11 nitrogen and oxygen atoms in total. The highest BCUT2D eigenvalue weighted by Crippen LogP contribution is 2.19. The SMILES string of the molecule is OOO[Si](CCCOCC1CO1)(OOO)OOO. The van der Waals surface area contributed by atoms with Crippen LogP contribution < -0.4 is 0 Å². The Kier molecular flexibility index (Phi) is 7.75. The fourth-order valence-corrected chi connectivity index (χ4v) is 2.36. The molecule has 18 heavy (non-hydrogen) atoms. The average molecular weight is 290 g/mol. The molecule has 1 saturated heterocycles. The third-order valence-corrected chi connectivity index (χ3v) is 3.92. The van der Waals surface area contributed by atoms with Gasteiger partial charge in [-0.05, 0) is 6.42 Å². The Morgan fingerprint density at radius 2 is 1.61 bits per heavy atom. The van der Waals surface area contributed by atoms with Crippen molar-refractivity contribution in [1.82, 2.24) is 0 Å². The summed E-state index contributed by atoms with van der Waals surface area (Å²) in [6.45, 7) is 1.44. The van der Waals surface area contributed by atoms with Gasteiger partial charge in [0.2, 0.25) is 0 Å². The van der Waals surface area contributed by atoms with Crippen molar-refractivity contribution in [3.8, 4) is 0 Å². The van der Waals surface area contributed by atoms with Gasteiger partial charge < -0.3 is 9.47 Å². The van der Waals surface area contributed by atoms with Gasteiger partial charge in [-0.25, -0.2) is 15.8 Å². The lowest BCUT2D eigenvalue weighted by Crippen LogP contribution is -2.45. The van der Waals surface area contributed by atoms with E-state index in [0.717, 1.165) is 0 Å². The Morgan fingerprint density at radius 1 is 1.06 bits per heavy atom. The second-order valence-corrected chi connectivity index (χ2v) is 5.66. The second-order valence-electron chi connectivity index (χ2n) is 3.29. The van der Waals surface area contributed by atoms with Crippen LogP contribution in [0, 0.1) is 0 Å². The van der Waals surface area contributed by atoms with E-state index in [4.69, 9.17) is 25.2 Å². The Morgan fingerprint density at radius 3 is 2.06 bits per heavy atom. The molecule has 0 bridgehead atoms. The summed E-state index contributed by atoms with van der Waals surface area (Å²) in [6.07, 6.45) is 0.466. The normalized spacial score (nSPS) is 19.2. The summed E-state index contributed by atoms with van der Waals surface area (Å²) < 4.78 is 22.9. The van der Waals surface area contributed by atoms with Gasteiger partial charge in [0.15, 0.2) is 0 Å². The van der Waals surface area contributed by atoms with Crippen molar-refractivity contribution in [2.45, 2.75) is 18.6 Å². The third-order valence-electron chi connectivity index (χ3n) is 1.97. The van der Waals surface area contributed by atoms with Crippen LogP contribution in [-0.2, 0) is 38.3 Å². The molecular formula is C6H14O11Si. The Balaban J connectivity index is 2.22. The number of ether oxygens (including phenoxy) is 2. The van der Waals surface area contributed by atoms with Gasteiger partial charge in [-0.2, -0.15) is 13.7 Å². The van der Waals surface area contributed by atoms with Crippen LogP contribution in [0.15, 0.2) is 0 Å². The van der Waals surface area contributed by atoms with Crippen LogP contribution >= 0.6 is 0 Å². The number of hydrogen-bond donors (Lipinski definition) is 3. The van der Waals surface area contributed by atoms with Gasteiger partial charge in [0.25, 0.3) is 0 Å². The highest BCUT2D eigenvalue weighted by Gasteiger charge is 2.48. The maximum atomic E-state index is 8.17. The second kappa shape index (κ2) is 8.81. The Bertz CT molecular complexity index is 195. The number of epoxide rings is 1. The van der Waals surface area contributed by atoms with Crippen LogP contribution in [0.1, 0.15) is 6.42 Å². The molecule has 12 heteroatoms. The largest absolute Gasteiger partial charge is 0.594 e. The fourth-order valence-electron chi connectivity index (χ4n) is 1.11. The van der Waals surface area contributed by atoms with Crippen molar-refractivity contribution in [1.29, 1.82) is 0 Å². The first-order chi connectivity index (χ1) is 8.76. The van der Waals surface area contributed by atoms with Crippen LogP contribution in [0.4, 0.5) is 0 Å². The molecule has 0 aromatic rings. The van der Waals surface area contributed by atoms with E-state index in [0.29, 0.717) is 26.2 Å². The van der Waals surface area contributed by atoms with Gasteiger partial charge in [0.1, 0.15) is 6.10 Å². The van der Waals surface area contributed by atoms with E-state index in [-0.39, 0.29) is 12.1 Å². The molecule has 1 aliphatic rings. The van der Waals surface area contributed by atoms with Gasteiger partial charge >= 0.3 is 8.80 Å². The molecule has 1 heterocycles. The molecule has 1 atom stereocenters. The van der Waals surface area contributed by atoms with E-state index in [2.05, 4.69) is 28.8 Å². The predicted molar refractivity (Wildman–Crippen MR) is 50.1 cm³/mol. The monoisotopic (exact) mass is 290 g/mol. The first-order valence-corrected chi connectivity index (χ1v) is 6.86. The van der Waals surface area contributed by atoms with E-state index >= 15 is 0 Å². The smallest absolute Gasteiger partial charge is 0.379 e. The van der Waals surface area contributed by atoms with E-state index in [1.807, 2.05) is 0 Å². The van der Waals surface area contributed by atoms with Crippen molar-refractivity contribution >= 4 is 8.80 Å². The zero-order chi connectivity index (χ0) is 13.3. The first-order valence-electron chi connectivity index (χ1n) is 4.93. The predicted octanol–water partition coefficient (Wildman–Crippen LogP) is -0.00560. The molecule has 108 valence electrons. The minimum Gasteiger partial charge on any atom is -0.379 e. The van der Waals surface area contributed by atoms with Crippen molar-refractivity contribution < 1.29 is 54.1 Å². The fraction of sp³-hybridized carbons (Fsp3) is 1.00. The zero-order valence-electron chi connectivity index (χ0n) is 9.22. The van der Waals surface area contributed by atoms with Crippen LogP contribution in [0.3, 0.4) is 0 Å². The number of rotatable bonds is 12. The third kappa shape index (κ3) is 6.09. The molecule has 0 aliphatic carbocycles. The molecular weight excluding hydrogens is 276 g/mol. The van der Waals surface area contributed by atoms with Crippen LogP contribution in [0.5, 0.6) is 0 Å². The summed E-state index contributed by atoms with van der Waals surface area (Å²) in [7, 11) is -3.89. The highest BCUT2D eigenvalue weighted by atomic mass is 28.4. The minimum atomic E-state index is -3.89. The van der Waals surface area contributed by atoms with E-state index in [1.54, 1.807) is 0 Å². The Labute approximate surface area is 102 Å². The molecule has 3 N–H and O–H groups in total. The topological polar surface area (TPSA) is 138 Å². The molecule has 1 rings (SSSR count). The summed E-state index contributed by atoms with van der Waals surface area (Å²) in [6, 6.07) is -0.0415. The molecule has 0 aromatic carbocycles.